The third-order valence-electron chi connectivity index (χ3n) is 10.2. The van der Waals surface area contributed by atoms with Crippen molar-refractivity contribution in [3.63, 3.8) is 0 Å². The highest BCUT2D eigenvalue weighted by atomic mass is 32.1. The van der Waals surface area contributed by atoms with Crippen molar-refractivity contribution in [2.24, 2.45) is 5.41 Å². The van der Waals surface area contributed by atoms with Gasteiger partial charge in [0.15, 0.2) is 23.8 Å². The Morgan fingerprint density at radius 2 is 1.83 bits per heavy atom. The van der Waals surface area contributed by atoms with Crippen LogP contribution in [-0.2, 0) is 19.2 Å². The maximum atomic E-state index is 14.6. The summed E-state index contributed by atoms with van der Waals surface area (Å²) < 4.78 is 46.8. The molecule has 2 fully saturated rings. The number of alkyl halides is 1. The molecule has 1 saturated heterocycles. The minimum atomic E-state index is -2.01. The second-order valence-electron chi connectivity index (χ2n) is 16.0. The number of unbranched alkanes of at least 4 members (excludes halogenated alkanes) is 3. The summed E-state index contributed by atoms with van der Waals surface area (Å²) in [4.78, 5) is 59.2. The van der Waals surface area contributed by atoms with Crippen LogP contribution in [0, 0.1) is 24.0 Å². The van der Waals surface area contributed by atoms with Crippen LogP contribution < -0.4 is 26.0 Å². The lowest BCUT2D eigenvalue weighted by Gasteiger charge is -2.36. The number of allylic oxidation sites excluding steroid dienone is 2. The number of carbonyl (C=O) groups is 4. The molecule has 2 aromatic rings. The van der Waals surface area contributed by atoms with E-state index in [1.54, 1.807) is 44.5 Å². The number of amides is 4. The number of aliphatic hydroxyl groups is 2. The van der Waals surface area contributed by atoms with Gasteiger partial charge in [0.25, 0.3) is 11.8 Å². The Hall–Kier alpha value is -4.58. The number of β-amino-alcohol motifs (C(OH)–C–C–N with tert-alkyl or cyclic N) is 1. The van der Waals surface area contributed by atoms with E-state index in [-0.39, 0.29) is 38.0 Å². The van der Waals surface area contributed by atoms with Gasteiger partial charge < -0.3 is 35.8 Å². The normalized spacial score (nSPS) is 19.2. The lowest BCUT2D eigenvalue weighted by molar-refractivity contribution is -0.145. The summed E-state index contributed by atoms with van der Waals surface area (Å²) in [6, 6.07) is 0.424. The van der Waals surface area contributed by atoms with E-state index in [0.717, 1.165) is 29.5 Å². The first-order valence-electron chi connectivity index (χ1n) is 19.9. The van der Waals surface area contributed by atoms with E-state index in [1.165, 1.54) is 28.4 Å². The van der Waals surface area contributed by atoms with E-state index < -0.39 is 83.4 Å². The minimum Gasteiger partial charge on any atom is -0.481 e. The Kier molecular flexibility index (Phi) is 17.3. The van der Waals surface area contributed by atoms with Crippen LogP contribution in [0.1, 0.15) is 82.7 Å². The third-order valence-corrected chi connectivity index (χ3v) is 11.1. The van der Waals surface area contributed by atoms with Crippen molar-refractivity contribution in [2.45, 2.75) is 115 Å². The molecule has 3 unspecified atom stereocenters. The molecule has 0 spiro atoms. The Morgan fingerprint density at radius 3 is 2.47 bits per heavy atom. The number of hydrogen-bond donors (Lipinski definition) is 6. The number of aliphatic hydroxyl groups excluding tert-OH is 2. The number of likely N-dealkylation sites (tertiary alicyclic amines) is 1. The number of rotatable bonds is 22. The highest BCUT2D eigenvalue weighted by Crippen LogP contribution is 2.40. The first-order chi connectivity index (χ1) is 27.9. The molecule has 1 aliphatic carbocycles. The fourth-order valence-electron chi connectivity index (χ4n) is 6.50. The molecular formula is C42H57F3N6O7S. The van der Waals surface area contributed by atoms with Gasteiger partial charge >= 0.3 is 0 Å². The molecular weight excluding hydrogens is 790 g/mol. The Morgan fingerprint density at radius 1 is 1.12 bits per heavy atom. The summed E-state index contributed by atoms with van der Waals surface area (Å²) in [5.74, 6) is -5.08. The van der Waals surface area contributed by atoms with Crippen molar-refractivity contribution in [1.82, 2.24) is 31.2 Å². The average molecular weight is 847 g/mol. The van der Waals surface area contributed by atoms with Gasteiger partial charge in [-0.05, 0) is 68.3 Å². The van der Waals surface area contributed by atoms with E-state index in [4.69, 9.17) is 4.74 Å². The molecule has 4 amide bonds. The van der Waals surface area contributed by atoms with Crippen molar-refractivity contribution in [2.75, 3.05) is 26.2 Å². The molecule has 0 radical (unpaired) electrons. The zero-order chi connectivity index (χ0) is 43.3. The molecule has 2 heterocycles. The highest BCUT2D eigenvalue weighted by molar-refractivity contribution is 7.10. The summed E-state index contributed by atoms with van der Waals surface area (Å²) in [6.45, 7) is 11.2. The number of ether oxygens (including phenoxy) is 1. The van der Waals surface area contributed by atoms with E-state index in [1.807, 2.05) is 13.0 Å². The fourth-order valence-corrected chi connectivity index (χ4v) is 7.21. The van der Waals surface area contributed by atoms with Gasteiger partial charge in [-0.2, -0.15) is 4.39 Å². The third kappa shape index (κ3) is 14.0. The first kappa shape index (κ1) is 47.1. The summed E-state index contributed by atoms with van der Waals surface area (Å²) >= 11 is 1.46. The number of nitrogens with one attached hydrogen (secondary N) is 4. The molecule has 2 aliphatic rings. The van der Waals surface area contributed by atoms with Gasteiger partial charge in [0, 0.05) is 30.8 Å². The highest BCUT2D eigenvalue weighted by Gasteiger charge is 2.53. The summed E-state index contributed by atoms with van der Waals surface area (Å²) in [6.07, 6.45) is 7.90. The molecule has 17 heteroatoms. The largest absolute Gasteiger partial charge is 0.481 e. The van der Waals surface area contributed by atoms with Crippen LogP contribution in [0.25, 0.3) is 6.08 Å². The average Bonchev–Trinajstić information content (AvgIpc) is 3.61. The van der Waals surface area contributed by atoms with E-state index in [0.29, 0.717) is 31.5 Å². The lowest BCUT2D eigenvalue weighted by Crippen LogP contribution is -2.59. The van der Waals surface area contributed by atoms with Crippen molar-refractivity contribution in [1.29, 1.82) is 0 Å². The molecule has 59 heavy (non-hydrogen) atoms. The van der Waals surface area contributed by atoms with Crippen molar-refractivity contribution < 1.29 is 47.3 Å². The van der Waals surface area contributed by atoms with Crippen LogP contribution in [0.5, 0.6) is 5.75 Å². The number of aryl methyl sites for hydroxylation is 1. The minimum absolute atomic E-state index is 0.0210. The van der Waals surface area contributed by atoms with E-state index in [2.05, 4.69) is 32.8 Å². The number of carbonyl (C=O) groups excluding carboxylic acids is 4. The fraction of sp³-hybridized carbons (Fsp3) is 0.548. The van der Waals surface area contributed by atoms with E-state index in [9.17, 15) is 42.6 Å². The number of benzene rings is 1. The molecule has 6 N–H and O–H groups in total. The standard InChI is InChI=1S/C42H57F3N6O7S/c1-6-27(13-11-16-33-26(2)48-25-59-33)30(22-34(53)46-19-9-7-8-10-20-47-35(54)24-58-32-15-12-14-29(43)36(32)44)49-38(55)31-21-28(52)23-51(31)39(56)37(41(3,4)5)50-40(57)42(45)17-18-42/h6,11-16,25,28,30-31,34,37,46,52-53H,1,7-10,17-24H2,2-5H3,(H,47,54)(H,49,55)(H,50,57)/b16-11+,27-13+/t28-,30?,31?,34?,37-/m1/s1. The number of thiazole rings is 1. The SMILES string of the molecule is C=C/C(=C\C=C\c1scnc1C)C(CC(O)NCCCCCCNC(=O)COc1cccc(F)c1F)NC(=O)C1C[C@@H](O)CN1C(=O)[C@@H](NC(=O)C1(F)CC1)C(C)(C)C. The molecule has 1 saturated carbocycles. The molecule has 1 aromatic carbocycles. The van der Waals surface area contributed by atoms with Crippen LogP contribution >= 0.6 is 11.3 Å². The molecule has 1 aromatic heterocycles. The summed E-state index contributed by atoms with van der Waals surface area (Å²) in [7, 11) is 0. The first-order valence-corrected chi connectivity index (χ1v) is 20.8. The number of aromatic nitrogens is 1. The number of halogens is 3. The zero-order valence-corrected chi connectivity index (χ0v) is 34.9. The van der Waals surface area contributed by atoms with Gasteiger partial charge in [-0.3, -0.25) is 24.5 Å². The van der Waals surface area contributed by atoms with Gasteiger partial charge in [0.05, 0.1) is 23.4 Å². The van der Waals surface area contributed by atoms with Gasteiger partial charge in [-0.15, -0.1) is 11.3 Å². The molecule has 1 aliphatic heterocycles. The predicted octanol–water partition coefficient (Wildman–Crippen LogP) is 4.39. The molecule has 5 atom stereocenters. The summed E-state index contributed by atoms with van der Waals surface area (Å²) in [5, 5.41) is 33.0. The van der Waals surface area contributed by atoms with Gasteiger partial charge in [-0.1, -0.05) is 64.5 Å². The van der Waals surface area contributed by atoms with Crippen molar-refractivity contribution >= 4 is 41.0 Å². The maximum absolute atomic E-state index is 14.6. The molecule has 13 nitrogen and oxygen atoms in total. The van der Waals surface area contributed by atoms with Crippen LogP contribution in [0.15, 0.2) is 54.1 Å². The van der Waals surface area contributed by atoms with E-state index >= 15 is 0 Å². The predicted molar refractivity (Wildman–Crippen MR) is 219 cm³/mol. The van der Waals surface area contributed by atoms with Gasteiger partial charge in [0.2, 0.25) is 17.6 Å². The van der Waals surface area contributed by atoms with Crippen LogP contribution in [-0.4, -0.2) is 106 Å². The smallest absolute Gasteiger partial charge is 0.258 e. The zero-order valence-electron chi connectivity index (χ0n) is 34.1. The van der Waals surface area contributed by atoms with Gasteiger partial charge in [0.1, 0.15) is 18.3 Å². The molecule has 324 valence electrons. The Bertz CT molecular complexity index is 1850. The lowest BCUT2D eigenvalue weighted by atomic mass is 9.85. The van der Waals surface area contributed by atoms with Crippen LogP contribution in [0.3, 0.4) is 0 Å². The topological polar surface area (TPSA) is 182 Å². The Labute approximate surface area is 347 Å². The monoisotopic (exact) mass is 846 g/mol. The number of nitrogens with zero attached hydrogens (tertiary/aromatic N) is 2. The maximum Gasteiger partial charge on any atom is 0.258 e. The van der Waals surface area contributed by atoms with Gasteiger partial charge in [-0.25, -0.2) is 13.8 Å². The molecule has 0 bridgehead atoms. The van der Waals surface area contributed by atoms with Crippen molar-refractivity contribution in [3.8, 4) is 5.75 Å². The molecule has 4 rings (SSSR count). The Balaban J connectivity index is 1.33. The second-order valence-corrected chi connectivity index (χ2v) is 16.9. The quantitative estimate of drug-likeness (QED) is 0.0569. The van der Waals surface area contributed by atoms with Crippen LogP contribution in [0.4, 0.5) is 13.2 Å². The summed E-state index contributed by atoms with van der Waals surface area (Å²) in [5.41, 5.74) is 0.302. The number of hydrogen-bond acceptors (Lipinski definition) is 10. The second kappa shape index (κ2) is 21.6. The van der Waals surface area contributed by atoms with Crippen LogP contribution in [0.2, 0.25) is 0 Å². The van der Waals surface area contributed by atoms with Crippen molar-refractivity contribution in [3.05, 3.63) is 76.3 Å².